The molecule has 3 rings (SSSR count). The molecule has 126 valence electrons. The van der Waals surface area contributed by atoms with Gasteiger partial charge in [0.05, 0.1) is 5.54 Å². The molecule has 1 saturated carbocycles. The van der Waals surface area contributed by atoms with E-state index in [0.717, 1.165) is 43.5 Å². The van der Waals surface area contributed by atoms with Gasteiger partial charge in [-0.05, 0) is 43.4 Å². The Morgan fingerprint density at radius 1 is 1.22 bits per heavy atom. The van der Waals surface area contributed by atoms with Crippen molar-refractivity contribution in [2.75, 3.05) is 19.8 Å². The molecule has 1 amide bonds. The van der Waals surface area contributed by atoms with Crippen molar-refractivity contribution >= 4 is 17.5 Å². The summed E-state index contributed by atoms with van der Waals surface area (Å²) in [5.74, 6) is -0.0112. The standard InChI is InChI=1S/C18H25ClN2O2/c19-15-5-3-4-14(12-15)17(8-10-23-11-9-17)13-21-16(22)18(20)6-1-2-7-18/h3-5,12H,1-2,6-11,13,20H2,(H,21,22). The van der Waals surface area contributed by atoms with Crippen molar-refractivity contribution in [1.82, 2.24) is 5.32 Å². The predicted octanol–water partition coefficient (Wildman–Crippen LogP) is 2.78. The van der Waals surface area contributed by atoms with Gasteiger partial charge in [-0.25, -0.2) is 0 Å². The lowest BCUT2D eigenvalue weighted by molar-refractivity contribution is -0.126. The van der Waals surface area contributed by atoms with Crippen molar-refractivity contribution in [2.24, 2.45) is 5.73 Å². The molecule has 0 radical (unpaired) electrons. The molecule has 4 nitrogen and oxygen atoms in total. The van der Waals surface area contributed by atoms with Crippen LogP contribution < -0.4 is 11.1 Å². The number of ether oxygens (including phenoxy) is 1. The maximum absolute atomic E-state index is 12.6. The zero-order valence-electron chi connectivity index (χ0n) is 13.4. The Morgan fingerprint density at radius 2 is 1.91 bits per heavy atom. The number of rotatable bonds is 4. The third-order valence-electron chi connectivity index (χ3n) is 5.42. The Hall–Kier alpha value is -1.10. The molecular formula is C18H25ClN2O2. The minimum absolute atomic E-state index is 0.0112. The van der Waals surface area contributed by atoms with Crippen LogP contribution in [0.5, 0.6) is 0 Å². The smallest absolute Gasteiger partial charge is 0.240 e. The Balaban J connectivity index is 1.76. The summed E-state index contributed by atoms with van der Waals surface area (Å²) in [6.45, 7) is 2.00. The van der Waals surface area contributed by atoms with Crippen LogP contribution in [-0.4, -0.2) is 31.2 Å². The van der Waals surface area contributed by atoms with Gasteiger partial charge in [0.1, 0.15) is 0 Å². The molecule has 1 aromatic rings. The van der Waals surface area contributed by atoms with Crippen molar-refractivity contribution in [1.29, 1.82) is 0 Å². The quantitative estimate of drug-likeness (QED) is 0.888. The molecule has 0 spiro atoms. The first-order chi connectivity index (χ1) is 11.0. The van der Waals surface area contributed by atoms with Crippen LogP contribution in [0.2, 0.25) is 5.02 Å². The maximum Gasteiger partial charge on any atom is 0.240 e. The minimum atomic E-state index is -0.680. The molecule has 1 saturated heterocycles. The Labute approximate surface area is 142 Å². The SMILES string of the molecule is NC1(C(=O)NCC2(c3cccc(Cl)c3)CCOCC2)CCCC1. The number of hydrogen-bond acceptors (Lipinski definition) is 3. The second kappa shape index (κ2) is 6.80. The van der Waals surface area contributed by atoms with Gasteiger partial charge in [-0.3, -0.25) is 4.79 Å². The van der Waals surface area contributed by atoms with Crippen LogP contribution in [0, 0.1) is 0 Å². The number of halogens is 1. The van der Waals surface area contributed by atoms with Crippen molar-refractivity contribution < 1.29 is 9.53 Å². The van der Waals surface area contributed by atoms with E-state index in [-0.39, 0.29) is 11.3 Å². The highest BCUT2D eigenvalue weighted by Crippen LogP contribution is 2.36. The molecule has 1 aliphatic carbocycles. The summed E-state index contributed by atoms with van der Waals surface area (Å²) >= 11 is 6.18. The van der Waals surface area contributed by atoms with Gasteiger partial charge in [0.25, 0.3) is 0 Å². The molecule has 23 heavy (non-hydrogen) atoms. The van der Waals surface area contributed by atoms with Gasteiger partial charge < -0.3 is 15.8 Å². The monoisotopic (exact) mass is 336 g/mol. The molecule has 3 N–H and O–H groups in total. The number of carbonyl (C=O) groups is 1. The van der Waals surface area contributed by atoms with Crippen molar-refractivity contribution in [3.05, 3.63) is 34.9 Å². The normalized spacial score (nSPS) is 22.7. The molecule has 2 aliphatic rings. The van der Waals surface area contributed by atoms with E-state index in [1.54, 1.807) is 0 Å². The lowest BCUT2D eigenvalue weighted by Gasteiger charge is -2.39. The second-order valence-electron chi connectivity index (χ2n) is 6.95. The largest absolute Gasteiger partial charge is 0.381 e. The lowest BCUT2D eigenvalue weighted by Crippen LogP contribution is -2.55. The van der Waals surface area contributed by atoms with E-state index >= 15 is 0 Å². The second-order valence-corrected chi connectivity index (χ2v) is 7.39. The molecule has 0 unspecified atom stereocenters. The summed E-state index contributed by atoms with van der Waals surface area (Å²) in [6.07, 6.45) is 5.41. The van der Waals surface area contributed by atoms with E-state index in [1.165, 1.54) is 5.56 Å². The average molecular weight is 337 g/mol. The molecule has 5 heteroatoms. The fourth-order valence-corrected chi connectivity index (χ4v) is 4.00. The zero-order chi connectivity index (χ0) is 16.3. The summed E-state index contributed by atoms with van der Waals surface area (Å²) < 4.78 is 5.53. The number of nitrogens with two attached hydrogens (primary N) is 1. The highest BCUT2D eigenvalue weighted by Gasteiger charge is 2.40. The summed E-state index contributed by atoms with van der Waals surface area (Å²) in [4.78, 5) is 12.6. The first-order valence-electron chi connectivity index (χ1n) is 8.45. The van der Waals surface area contributed by atoms with E-state index < -0.39 is 5.54 Å². The van der Waals surface area contributed by atoms with Gasteiger partial charge in [-0.15, -0.1) is 0 Å². The molecule has 2 fully saturated rings. The number of benzene rings is 1. The number of carbonyl (C=O) groups excluding carboxylic acids is 1. The maximum atomic E-state index is 12.6. The van der Waals surface area contributed by atoms with Crippen LogP contribution in [0.1, 0.15) is 44.1 Å². The first kappa shape index (κ1) is 16.7. The topological polar surface area (TPSA) is 64.4 Å². The lowest BCUT2D eigenvalue weighted by atomic mass is 9.74. The van der Waals surface area contributed by atoms with Crippen LogP contribution >= 0.6 is 11.6 Å². The van der Waals surface area contributed by atoms with Crippen LogP contribution in [0.25, 0.3) is 0 Å². The minimum Gasteiger partial charge on any atom is -0.381 e. The summed E-state index contributed by atoms with van der Waals surface area (Å²) in [5, 5.41) is 3.86. The van der Waals surface area contributed by atoms with Gasteiger partial charge in [0.15, 0.2) is 0 Å². The number of amides is 1. The highest BCUT2D eigenvalue weighted by molar-refractivity contribution is 6.30. The van der Waals surface area contributed by atoms with Gasteiger partial charge in [0, 0.05) is 30.2 Å². The van der Waals surface area contributed by atoms with E-state index in [9.17, 15) is 4.79 Å². The summed E-state index contributed by atoms with van der Waals surface area (Å²) in [5.41, 5.74) is 6.64. The number of hydrogen-bond donors (Lipinski definition) is 2. The third-order valence-corrected chi connectivity index (χ3v) is 5.66. The van der Waals surface area contributed by atoms with Crippen molar-refractivity contribution in [3.8, 4) is 0 Å². The van der Waals surface area contributed by atoms with Gasteiger partial charge in [-0.1, -0.05) is 36.6 Å². The summed E-state index contributed by atoms with van der Waals surface area (Å²) in [6, 6.07) is 7.95. The summed E-state index contributed by atoms with van der Waals surface area (Å²) in [7, 11) is 0. The van der Waals surface area contributed by atoms with E-state index in [4.69, 9.17) is 22.1 Å². The highest BCUT2D eigenvalue weighted by atomic mass is 35.5. The third kappa shape index (κ3) is 3.54. The molecule has 1 aromatic carbocycles. The van der Waals surface area contributed by atoms with Crippen molar-refractivity contribution in [2.45, 2.75) is 49.5 Å². The van der Waals surface area contributed by atoms with Gasteiger partial charge in [-0.2, -0.15) is 0 Å². The Morgan fingerprint density at radius 3 is 2.57 bits per heavy atom. The van der Waals surface area contributed by atoms with Gasteiger partial charge in [0.2, 0.25) is 5.91 Å². The molecule has 1 aliphatic heterocycles. The van der Waals surface area contributed by atoms with Crippen molar-refractivity contribution in [3.63, 3.8) is 0 Å². The van der Waals surface area contributed by atoms with Crippen LogP contribution in [0.4, 0.5) is 0 Å². The van der Waals surface area contributed by atoms with Crippen LogP contribution in [0.3, 0.4) is 0 Å². The fourth-order valence-electron chi connectivity index (χ4n) is 3.81. The molecular weight excluding hydrogens is 312 g/mol. The van der Waals surface area contributed by atoms with Gasteiger partial charge >= 0.3 is 0 Å². The zero-order valence-corrected chi connectivity index (χ0v) is 14.2. The Bertz CT molecular complexity index is 564. The Kier molecular flexibility index (Phi) is 4.95. The average Bonchev–Trinajstić information content (AvgIpc) is 3.01. The van der Waals surface area contributed by atoms with Crippen LogP contribution in [-0.2, 0) is 14.9 Å². The number of nitrogens with one attached hydrogen (secondary N) is 1. The predicted molar refractivity (Wildman–Crippen MR) is 91.6 cm³/mol. The first-order valence-corrected chi connectivity index (χ1v) is 8.83. The molecule has 0 aromatic heterocycles. The molecule has 0 atom stereocenters. The van der Waals surface area contributed by atoms with Crippen LogP contribution in [0.15, 0.2) is 24.3 Å². The van der Waals surface area contributed by atoms with E-state index in [2.05, 4.69) is 11.4 Å². The van der Waals surface area contributed by atoms with E-state index in [1.807, 2.05) is 18.2 Å². The molecule has 0 bridgehead atoms. The fraction of sp³-hybridized carbons (Fsp3) is 0.611. The van der Waals surface area contributed by atoms with E-state index in [0.29, 0.717) is 19.8 Å². The molecule has 1 heterocycles.